The molecule has 130 valence electrons. The third-order valence-corrected chi connectivity index (χ3v) is 4.94. The quantitative estimate of drug-likeness (QED) is 0.690. The maximum atomic E-state index is 6.16. The maximum absolute atomic E-state index is 6.16. The van der Waals surface area contributed by atoms with Crippen LogP contribution in [0.1, 0.15) is 6.42 Å². The second-order valence-electron chi connectivity index (χ2n) is 6.39. The van der Waals surface area contributed by atoms with Gasteiger partial charge in [0.1, 0.15) is 5.82 Å². The number of halogens is 1. The third-order valence-electron chi connectivity index (χ3n) is 4.70. The minimum absolute atomic E-state index is 0.727. The lowest BCUT2D eigenvalue weighted by atomic mass is 10.2. The zero-order chi connectivity index (χ0) is 17.1. The van der Waals surface area contributed by atoms with Gasteiger partial charge in [0.15, 0.2) is 0 Å². The molecular formula is C20H22ClN3O. The van der Waals surface area contributed by atoms with E-state index in [1.807, 2.05) is 18.2 Å². The Bertz CT molecular complexity index is 841. The minimum Gasteiger partial charge on any atom is -0.379 e. The molecule has 0 bridgehead atoms. The number of imidazole rings is 1. The molecule has 1 saturated heterocycles. The SMILES string of the molecule is Clc1ccc2c(c1)nc(-c1ccccc1)n2CCCN1CCOCC1. The largest absolute Gasteiger partial charge is 0.379 e. The molecule has 2 heterocycles. The molecule has 4 nitrogen and oxygen atoms in total. The Morgan fingerprint density at radius 1 is 1.00 bits per heavy atom. The van der Waals surface area contributed by atoms with Crippen molar-refractivity contribution in [2.45, 2.75) is 13.0 Å². The van der Waals surface area contributed by atoms with E-state index in [9.17, 15) is 0 Å². The van der Waals surface area contributed by atoms with Gasteiger partial charge in [0.25, 0.3) is 0 Å². The van der Waals surface area contributed by atoms with Crippen molar-refractivity contribution in [1.29, 1.82) is 0 Å². The lowest BCUT2D eigenvalue weighted by Crippen LogP contribution is -2.37. The molecule has 3 aromatic rings. The zero-order valence-electron chi connectivity index (χ0n) is 14.2. The normalized spacial score (nSPS) is 15.7. The van der Waals surface area contributed by atoms with Crippen LogP contribution in [-0.4, -0.2) is 47.3 Å². The fourth-order valence-electron chi connectivity index (χ4n) is 3.41. The number of morpholine rings is 1. The summed E-state index contributed by atoms with van der Waals surface area (Å²) in [5, 5.41) is 0.727. The summed E-state index contributed by atoms with van der Waals surface area (Å²) in [6.07, 6.45) is 1.09. The van der Waals surface area contributed by atoms with E-state index in [2.05, 4.69) is 39.8 Å². The number of hydrogen-bond acceptors (Lipinski definition) is 3. The summed E-state index contributed by atoms with van der Waals surface area (Å²) < 4.78 is 7.75. The van der Waals surface area contributed by atoms with Gasteiger partial charge in [-0.05, 0) is 24.6 Å². The van der Waals surface area contributed by atoms with E-state index in [0.29, 0.717) is 0 Å². The number of aromatic nitrogens is 2. The molecule has 5 heteroatoms. The van der Waals surface area contributed by atoms with E-state index < -0.39 is 0 Å². The van der Waals surface area contributed by atoms with Crippen molar-refractivity contribution in [2.75, 3.05) is 32.8 Å². The van der Waals surface area contributed by atoms with Crippen molar-refractivity contribution in [2.24, 2.45) is 0 Å². The van der Waals surface area contributed by atoms with Crippen molar-refractivity contribution < 1.29 is 4.74 Å². The Morgan fingerprint density at radius 2 is 1.80 bits per heavy atom. The molecule has 0 unspecified atom stereocenters. The van der Waals surface area contributed by atoms with Crippen LogP contribution in [0, 0.1) is 0 Å². The fourth-order valence-corrected chi connectivity index (χ4v) is 3.58. The van der Waals surface area contributed by atoms with Crippen molar-refractivity contribution in [3.05, 3.63) is 53.6 Å². The van der Waals surface area contributed by atoms with Gasteiger partial charge in [-0.1, -0.05) is 41.9 Å². The molecule has 1 aliphatic heterocycles. The van der Waals surface area contributed by atoms with Gasteiger partial charge in [-0.25, -0.2) is 4.98 Å². The van der Waals surface area contributed by atoms with Gasteiger partial charge < -0.3 is 9.30 Å². The number of nitrogens with zero attached hydrogens (tertiary/aromatic N) is 3. The average Bonchev–Trinajstić information content (AvgIpc) is 3.01. The molecule has 0 amide bonds. The van der Waals surface area contributed by atoms with Gasteiger partial charge in [-0.15, -0.1) is 0 Å². The summed E-state index contributed by atoms with van der Waals surface area (Å²) in [6.45, 7) is 5.80. The van der Waals surface area contributed by atoms with E-state index in [1.165, 1.54) is 0 Å². The lowest BCUT2D eigenvalue weighted by Gasteiger charge is -2.26. The Morgan fingerprint density at radius 3 is 2.60 bits per heavy atom. The Balaban J connectivity index is 1.61. The standard InChI is InChI=1S/C20H22ClN3O/c21-17-7-8-19-18(15-17)22-20(16-5-2-1-3-6-16)24(19)10-4-9-23-11-13-25-14-12-23/h1-3,5-8,15H,4,9-14H2. The van der Waals surface area contributed by atoms with Crippen LogP contribution in [0.3, 0.4) is 0 Å². The molecule has 2 aromatic carbocycles. The van der Waals surface area contributed by atoms with Crippen LogP contribution in [-0.2, 0) is 11.3 Å². The van der Waals surface area contributed by atoms with Crippen LogP contribution >= 0.6 is 11.6 Å². The molecule has 1 fully saturated rings. The van der Waals surface area contributed by atoms with Crippen LogP contribution in [0.25, 0.3) is 22.4 Å². The van der Waals surface area contributed by atoms with Gasteiger partial charge in [-0.2, -0.15) is 0 Å². The molecule has 1 aromatic heterocycles. The topological polar surface area (TPSA) is 30.3 Å². The summed E-state index contributed by atoms with van der Waals surface area (Å²) in [4.78, 5) is 7.33. The predicted molar refractivity (Wildman–Crippen MR) is 102 cm³/mol. The maximum Gasteiger partial charge on any atom is 0.141 e. The van der Waals surface area contributed by atoms with E-state index in [0.717, 1.165) is 73.3 Å². The summed E-state index contributed by atoms with van der Waals surface area (Å²) in [5.74, 6) is 1.01. The molecule has 0 N–H and O–H groups in total. The van der Waals surface area contributed by atoms with Crippen molar-refractivity contribution in [3.63, 3.8) is 0 Å². The smallest absolute Gasteiger partial charge is 0.141 e. The van der Waals surface area contributed by atoms with Gasteiger partial charge in [-0.3, -0.25) is 4.90 Å². The number of rotatable bonds is 5. The number of hydrogen-bond donors (Lipinski definition) is 0. The first-order chi connectivity index (χ1) is 12.3. The first-order valence-corrected chi connectivity index (χ1v) is 9.20. The van der Waals surface area contributed by atoms with Gasteiger partial charge in [0.05, 0.1) is 24.2 Å². The number of benzene rings is 2. The van der Waals surface area contributed by atoms with Gasteiger partial charge >= 0.3 is 0 Å². The third kappa shape index (κ3) is 3.71. The highest BCUT2D eigenvalue weighted by Crippen LogP contribution is 2.27. The molecule has 4 rings (SSSR count). The highest BCUT2D eigenvalue weighted by Gasteiger charge is 2.14. The first kappa shape index (κ1) is 16.6. The van der Waals surface area contributed by atoms with E-state index in [4.69, 9.17) is 21.3 Å². The first-order valence-electron chi connectivity index (χ1n) is 8.82. The number of fused-ring (bicyclic) bond motifs is 1. The molecule has 0 atom stereocenters. The molecular weight excluding hydrogens is 334 g/mol. The van der Waals surface area contributed by atoms with Crippen LogP contribution in [0.5, 0.6) is 0 Å². The van der Waals surface area contributed by atoms with Gasteiger partial charge in [0.2, 0.25) is 0 Å². The monoisotopic (exact) mass is 355 g/mol. The van der Waals surface area contributed by atoms with Crippen LogP contribution in [0.15, 0.2) is 48.5 Å². The van der Waals surface area contributed by atoms with Gasteiger partial charge in [0, 0.05) is 36.8 Å². The zero-order valence-corrected chi connectivity index (χ0v) is 15.0. The Labute approximate surface area is 153 Å². The highest BCUT2D eigenvalue weighted by molar-refractivity contribution is 6.31. The summed E-state index contributed by atoms with van der Waals surface area (Å²) in [5.41, 5.74) is 3.24. The highest BCUT2D eigenvalue weighted by atomic mass is 35.5. The second-order valence-corrected chi connectivity index (χ2v) is 6.83. The average molecular weight is 356 g/mol. The Hall–Kier alpha value is -1.88. The Kier molecular flexibility index (Phi) is 5.02. The number of aryl methyl sites for hydroxylation is 1. The van der Waals surface area contributed by atoms with E-state index >= 15 is 0 Å². The lowest BCUT2D eigenvalue weighted by molar-refractivity contribution is 0.0370. The molecule has 0 aliphatic carbocycles. The summed E-state index contributed by atoms with van der Waals surface area (Å²) in [6, 6.07) is 16.3. The summed E-state index contributed by atoms with van der Waals surface area (Å²) in [7, 11) is 0. The molecule has 0 saturated carbocycles. The van der Waals surface area contributed by atoms with Crippen molar-refractivity contribution in [1.82, 2.24) is 14.5 Å². The van der Waals surface area contributed by atoms with Crippen LogP contribution in [0.2, 0.25) is 5.02 Å². The van der Waals surface area contributed by atoms with E-state index in [-0.39, 0.29) is 0 Å². The van der Waals surface area contributed by atoms with Crippen molar-refractivity contribution in [3.8, 4) is 11.4 Å². The van der Waals surface area contributed by atoms with Crippen molar-refractivity contribution >= 4 is 22.6 Å². The molecule has 0 radical (unpaired) electrons. The van der Waals surface area contributed by atoms with E-state index in [1.54, 1.807) is 0 Å². The predicted octanol–water partition coefficient (Wildman–Crippen LogP) is 4.08. The summed E-state index contributed by atoms with van der Waals surface area (Å²) >= 11 is 6.16. The molecule has 1 aliphatic rings. The molecule has 25 heavy (non-hydrogen) atoms. The molecule has 0 spiro atoms. The van der Waals surface area contributed by atoms with Crippen LogP contribution in [0.4, 0.5) is 0 Å². The fraction of sp³-hybridized carbons (Fsp3) is 0.350. The minimum atomic E-state index is 0.727. The van der Waals surface area contributed by atoms with Crippen LogP contribution < -0.4 is 0 Å². The second kappa shape index (κ2) is 7.56. The number of ether oxygens (including phenoxy) is 1.